The molecule has 5 aliphatic rings. The highest BCUT2D eigenvalue weighted by Crippen LogP contribution is 2.65. The molecule has 2 saturated carbocycles. The van der Waals surface area contributed by atoms with Gasteiger partial charge < -0.3 is 20.3 Å². The van der Waals surface area contributed by atoms with E-state index in [0.717, 1.165) is 35.0 Å². The number of hydrogen-bond acceptors (Lipinski definition) is 7. The highest BCUT2D eigenvalue weighted by Gasteiger charge is 2.75. The molecule has 1 aromatic heterocycles. The molecule has 1 unspecified atom stereocenters. The second-order valence-corrected chi connectivity index (χ2v) is 11.8. The van der Waals surface area contributed by atoms with Crippen LogP contribution in [-0.4, -0.2) is 62.6 Å². The highest BCUT2D eigenvalue weighted by atomic mass is 16.5. The van der Waals surface area contributed by atoms with Gasteiger partial charge in [0.05, 0.1) is 11.0 Å². The van der Waals surface area contributed by atoms with E-state index in [1.807, 2.05) is 30.3 Å². The maximum atomic E-state index is 14.1. The number of nitrogens with one attached hydrogen (secondary N) is 1. The number of phenolic OH excluding ortho intramolecular Hbond substituents is 1. The summed E-state index contributed by atoms with van der Waals surface area (Å²) in [5.74, 6) is -0.916. The number of carbonyl (C=O) groups excluding carboxylic acids is 2. The first-order valence-corrected chi connectivity index (χ1v) is 13.6. The Morgan fingerprint density at radius 2 is 2.08 bits per heavy atom. The molecule has 1 saturated heterocycles. The summed E-state index contributed by atoms with van der Waals surface area (Å²) < 4.78 is 6.25. The van der Waals surface area contributed by atoms with Crippen LogP contribution in [0, 0.1) is 11.8 Å². The molecule has 1 spiro atoms. The first kappa shape index (κ1) is 22.5. The largest absolute Gasteiger partial charge is 0.504 e. The first-order chi connectivity index (χ1) is 18.4. The lowest BCUT2D eigenvalue weighted by Crippen LogP contribution is -2.78. The summed E-state index contributed by atoms with van der Waals surface area (Å²) in [4.78, 5) is 34.4. The van der Waals surface area contributed by atoms with Crippen molar-refractivity contribution in [3.8, 4) is 11.5 Å². The molecule has 8 nitrogen and oxygen atoms in total. The molecule has 3 aromatic rings. The van der Waals surface area contributed by atoms with Gasteiger partial charge in [-0.3, -0.25) is 19.5 Å². The number of amides is 1. The zero-order valence-electron chi connectivity index (χ0n) is 20.9. The SMILES string of the molecule is O=C(Nc1cccc2cnccc12)C1C[C@@]2(O)[C@H]3Cc4ccc(O)c5c4[C@@]2(CCN3CC2CC2)[C@@H](O5)C1=O. The van der Waals surface area contributed by atoms with Gasteiger partial charge in [-0.05, 0) is 68.3 Å². The molecule has 2 aliphatic heterocycles. The van der Waals surface area contributed by atoms with Crippen molar-refractivity contribution in [3.63, 3.8) is 0 Å². The fraction of sp³-hybridized carbons (Fsp3) is 0.433. The van der Waals surface area contributed by atoms with E-state index in [-0.39, 0.29) is 24.0 Å². The van der Waals surface area contributed by atoms with Gasteiger partial charge in [-0.1, -0.05) is 18.2 Å². The van der Waals surface area contributed by atoms with E-state index in [2.05, 4.69) is 15.2 Å². The van der Waals surface area contributed by atoms with Gasteiger partial charge >= 0.3 is 0 Å². The lowest BCUT2D eigenvalue weighted by atomic mass is 9.47. The highest BCUT2D eigenvalue weighted by molar-refractivity contribution is 6.13. The molecule has 5 atom stereocenters. The van der Waals surface area contributed by atoms with Gasteiger partial charge in [-0.2, -0.15) is 0 Å². The van der Waals surface area contributed by atoms with E-state index in [1.54, 1.807) is 18.5 Å². The molecule has 8 rings (SSSR count). The van der Waals surface area contributed by atoms with Gasteiger partial charge in [-0.15, -0.1) is 0 Å². The standard InChI is InChI=1S/C30H29N3O5/c34-22-7-6-17-12-23-30(37)13-20(28(36)32-21-3-1-2-18-14-31-10-8-19(18)21)25(35)27-29(30,24(17)26(22)38-27)9-11-33(23)15-16-4-5-16/h1-3,6-8,10,14,16,20,23,27,34,37H,4-5,9,11-13,15H2,(H,32,36)/t20?,23-,27+,29+,30-/m1/s1. The molecule has 3 aliphatic carbocycles. The molecule has 8 heteroatoms. The maximum absolute atomic E-state index is 14.1. The number of aromatic nitrogens is 1. The van der Waals surface area contributed by atoms with Gasteiger partial charge in [0.15, 0.2) is 23.4 Å². The lowest BCUT2D eigenvalue weighted by molar-refractivity contribution is -0.197. The number of nitrogens with zero attached hydrogens (tertiary/aromatic N) is 2. The van der Waals surface area contributed by atoms with Crippen LogP contribution in [0.3, 0.4) is 0 Å². The second-order valence-electron chi connectivity index (χ2n) is 11.8. The molecule has 2 bridgehead atoms. The van der Waals surface area contributed by atoms with Crippen LogP contribution in [0.2, 0.25) is 0 Å². The zero-order valence-corrected chi connectivity index (χ0v) is 20.9. The van der Waals surface area contributed by atoms with Crippen LogP contribution in [-0.2, 0) is 21.4 Å². The fourth-order valence-corrected chi connectivity index (χ4v) is 7.98. The lowest BCUT2D eigenvalue weighted by Gasteiger charge is -2.63. The van der Waals surface area contributed by atoms with Crippen molar-refractivity contribution in [1.29, 1.82) is 0 Å². The number of carbonyl (C=O) groups is 2. The number of anilines is 1. The van der Waals surface area contributed by atoms with Crippen molar-refractivity contribution in [2.45, 2.75) is 55.3 Å². The Morgan fingerprint density at radius 3 is 2.92 bits per heavy atom. The number of benzene rings is 2. The summed E-state index contributed by atoms with van der Waals surface area (Å²) >= 11 is 0. The number of pyridine rings is 1. The molecule has 194 valence electrons. The van der Waals surface area contributed by atoms with Crippen LogP contribution in [0.5, 0.6) is 11.5 Å². The summed E-state index contributed by atoms with van der Waals surface area (Å²) in [5, 5.41) is 28.1. The van der Waals surface area contributed by atoms with Crippen LogP contribution >= 0.6 is 0 Å². The summed E-state index contributed by atoms with van der Waals surface area (Å²) in [6, 6.07) is 10.7. The minimum absolute atomic E-state index is 0.0214. The van der Waals surface area contributed by atoms with Gasteiger partial charge in [0.25, 0.3) is 0 Å². The minimum atomic E-state index is -1.34. The number of phenols is 1. The average Bonchev–Trinajstić information content (AvgIpc) is 3.66. The average molecular weight is 512 g/mol. The van der Waals surface area contributed by atoms with Crippen molar-refractivity contribution in [3.05, 3.63) is 59.9 Å². The Balaban J connectivity index is 1.22. The third kappa shape index (κ3) is 2.79. The summed E-state index contributed by atoms with van der Waals surface area (Å²) in [6.45, 7) is 1.68. The third-order valence-corrected chi connectivity index (χ3v) is 9.89. The van der Waals surface area contributed by atoms with Crippen molar-refractivity contribution in [2.75, 3.05) is 18.4 Å². The number of aromatic hydroxyl groups is 1. The van der Waals surface area contributed by atoms with E-state index in [0.29, 0.717) is 30.2 Å². The molecule has 3 heterocycles. The van der Waals surface area contributed by atoms with Gasteiger partial charge in [0, 0.05) is 47.0 Å². The summed E-state index contributed by atoms with van der Waals surface area (Å²) in [6.07, 6.45) is 5.98. The van der Waals surface area contributed by atoms with E-state index in [4.69, 9.17) is 4.74 Å². The number of rotatable bonds is 4. The molecular weight excluding hydrogens is 482 g/mol. The number of likely N-dealkylation sites (tertiary alicyclic amines) is 1. The number of aliphatic hydroxyl groups is 1. The van der Waals surface area contributed by atoms with Gasteiger partial charge in [0.1, 0.15) is 5.92 Å². The normalized spacial score (nSPS) is 33.1. The minimum Gasteiger partial charge on any atom is -0.504 e. The Morgan fingerprint density at radius 1 is 1.21 bits per heavy atom. The number of ether oxygens (including phenoxy) is 1. The van der Waals surface area contributed by atoms with E-state index < -0.39 is 28.9 Å². The molecule has 38 heavy (non-hydrogen) atoms. The molecule has 2 aromatic carbocycles. The Labute approximate surface area is 219 Å². The topological polar surface area (TPSA) is 112 Å². The van der Waals surface area contributed by atoms with Crippen LogP contribution in [0.15, 0.2) is 48.8 Å². The zero-order chi connectivity index (χ0) is 25.8. The third-order valence-electron chi connectivity index (χ3n) is 9.89. The molecule has 0 radical (unpaired) electrons. The van der Waals surface area contributed by atoms with Crippen molar-refractivity contribution in [2.24, 2.45) is 11.8 Å². The monoisotopic (exact) mass is 511 g/mol. The number of piperidine rings is 1. The second kappa shape index (κ2) is 7.55. The summed E-state index contributed by atoms with van der Waals surface area (Å²) in [7, 11) is 0. The van der Waals surface area contributed by atoms with Crippen molar-refractivity contribution in [1.82, 2.24) is 9.88 Å². The smallest absolute Gasteiger partial charge is 0.235 e. The van der Waals surface area contributed by atoms with Crippen molar-refractivity contribution >= 4 is 28.2 Å². The Bertz CT molecular complexity index is 1530. The quantitative estimate of drug-likeness (QED) is 0.462. The predicted molar refractivity (Wildman–Crippen MR) is 139 cm³/mol. The Kier molecular flexibility index (Phi) is 4.47. The molecular formula is C30H29N3O5. The first-order valence-electron chi connectivity index (χ1n) is 13.6. The number of ketones is 1. The van der Waals surface area contributed by atoms with Crippen LogP contribution in [0.25, 0.3) is 10.8 Å². The van der Waals surface area contributed by atoms with E-state index in [1.165, 1.54) is 12.8 Å². The molecule has 3 N–H and O–H groups in total. The van der Waals surface area contributed by atoms with E-state index in [9.17, 15) is 19.8 Å². The van der Waals surface area contributed by atoms with Crippen molar-refractivity contribution < 1.29 is 24.5 Å². The van der Waals surface area contributed by atoms with Crippen LogP contribution in [0.4, 0.5) is 5.69 Å². The van der Waals surface area contributed by atoms with E-state index >= 15 is 0 Å². The van der Waals surface area contributed by atoms with Gasteiger partial charge in [0.2, 0.25) is 5.91 Å². The number of hydrogen-bond donors (Lipinski definition) is 3. The maximum Gasteiger partial charge on any atom is 0.235 e. The molecule has 1 amide bonds. The van der Waals surface area contributed by atoms with Crippen LogP contribution < -0.4 is 10.1 Å². The fourth-order valence-electron chi connectivity index (χ4n) is 7.98. The Hall–Kier alpha value is -3.49. The van der Waals surface area contributed by atoms with Gasteiger partial charge in [-0.25, -0.2) is 0 Å². The van der Waals surface area contributed by atoms with Crippen LogP contribution in [0.1, 0.15) is 36.8 Å². The molecule has 3 fully saturated rings. The predicted octanol–water partition coefficient (Wildman–Crippen LogP) is 2.94. The number of Topliss-reactive ketones (excluding diaryl/α,β-unsaturated/α-hetero) is 1. The summed E-state index contributed by atoms with van der Waals surface area (Å²) in [5.41, 5.74) is 0.106. The number of fused-ring (bicyclic) bond motifs is 1.